The van der Waals surface area contributed by atoms with Crippen LogP contribution in [0.3, 0.4) is 0 Å². The minimum absolute atomic E-state index is 0. The normalized spacial score (nSPS) is 17.5. The Hall–Kier alpha value is -2.39. The second kappa shape index (κ2) is 9.20. The van der Waals surface area contributed by atoms with Crippen LogP contribution in [0.25, 0.3) is 0 Å². The summed E-state index contributed by atoms with van der Waals surface area (Å²) < 4.78 is 0. The van der Waals surface area contributed by atoms with Crippen LogP contribution in [0.1, 0.15) is 30.1 Å². The van der Waals surface area contributed by atoms with Gasteiger partial charge in [-0.2, -0.15) is 0 Å². The monoisotopic (exact) mass is 411 g/mol. The maximum atomic E-state index is 12.5. The molecule has 1 aromatic carbocycles. The first-order chi connectivity index (χ1) is 12.9. The Morgan fingerprint density at radius 1 is 1.29 bits per heavy atom. The fourth-order valence-electron chi connectivity index (χ4n) is 3.46. The van der Waals surface area contributed by atoms with E-state index >= 15 is 0 Å². The van der Waals surface area contributed by atoms with Crippen LogP contribution in [0, 0.1) is 16.0 Å². The van der Waals surface area contributed by atoms with Crippen molar-refractivity contribution in [3.63, 3.8) is 0 Å². The average molecular weight is 412 g/mol. The minimum Gasteiger partial charge on any atom is -0.362 e. The van der Waals surface area contributed by atoms with Gasteiger partial charge in [0.05, 0.1) is 4.92 Å². The van der Waals surface area contributed by atoms with Crippen LogP contribution in [0.15, 0.2) is 18.2 Å². The van der Waals surface area contributed by atoms with E-state index in [-0.39, 0.29) is 41.5 Å². The Kier molecular flexibility index (Phi) is 7.20. The number of amides is 2. The number of hydrogen-bond donors (Lipinski definition) is 2. The third-order valence-electron chi connectivity index (χ3n) is 5.26. The molecule has 154 valence electrons. The number of hydrogen-bond acceptors (Lipinski definition) is 6. The van der Waals surface area contributed by atoms with E-state index in [0.717, 1.165) is 12.8 Å². The lowest BCUT2D eigenvalue weighted by Crippen LogP contribution is -2.48. The zero-order valence-electron chi connectivity index (χ0n) is 15.8. The summed E-state index contributed by atoms with van der Waals surface area (Å²) in [6.45, 7) is 3.95. The maximum Gasteiger partial charge on any atom is 0.293 e. The molecule has 1 atom stereocenters. The Morgan fingerprint density at radius 3 is 2.43 bits per heavy atom. The Morgan fingerprint density at radius 2 is 1.93 bits per heavy atom. The van der Waals surface area contributed by atoms with Gasteiger partial charge in [-0.05, 0) is 30.9 Å². The van der Waals surface area contributed by atoms with Crippen LogP contribution in [-0.2, 0) is 4.79 Å². The highest BCUT2D eigenvalue weighted by molar-refractivity contribution is 5.96. The van der Waals surface area contributed by atoms with Gasteiger partial charge in [0, 0.05) is 57.3 Å². The fraction of sp³-hybridized carbons (Fsp3) is 0.556. The van der Waals surface area contributed by atoms with Crippen molar-refractivity contribution >= 4 is 35.6 Å². The number of anilines is 1. The molecule has 2 aliphatic rings. The van der Waals surface area contributed by atoms with Crippen molar-refractivity contribution in [2.45, 2.75) is 25.8 Å². The highest BCUT2D eigenvalue weighted by atomic mass is 35.5. The topological polar surface area (TPSA) is 122 Å². The predicted molar refractivity (Wildman–Crippen MR) is 108 cm³/mol. The molecule has 1 aliphatic heterocycles. The Bertz CT molecular complexity index is 747. The molecule has 1 aromatic rings. The Balaban J connectivity index is 0.00000280. The van der Waals surface area contributed by atoms with E-state index in [9.17, 15) is 19.7 Å². The van der Waals surface area contributed by atoms with Gasteiger partial charge in [0.1, 0.15) is 5.69 Å². The first-order valence-corrected chi connectivity index (χ1v) is 9.20. The number of piperazine rings is 1. The molecular weight excluding hydrogens is 386 g/mol. The number of nitrogens with two attached hydrogens (primary N) is 1. The van der Waals surface area contributed by atoms with Crippen LogP contribution in [0.4, 0.5) is 11.4 Å². The van der Waals surface area contributed by atoms with Gasteiger partial charge in [-0.3, -0.25) is 19.7 Å². The quantitative estimate of drug-likeness (QED) is 0.535. The predicted octanol–water partition coefficient (Wildman–Crippen LogP) is 1.15. The highest BCUT2D eigenvalue weighted by Crippen LogP contribution is 2.33. The molecule has 0 spiro atoms. The summed E-state index contributed by atoms with van der Waals surface area (Å²) in [6, 6.07) is 4.46. The third kappa shape index (κ3) is 4.90. The van der Waals surface area contributed by atoms with E-state index in [4.69, 9.17) is 5.73 Å². The number of carbonyl (C=O) groups excluding carboxylic acids is 2. The zero-order chi connectivity index (χ0) is 19.6. The number of nitrogens with zero attached hydrogens (tertiary/aromatic N) is 3. The second-order valence-electron chi connectivity index (χ2n) is 7.11. The molecule has 0 bridgehead atoms. The molecule has 9 nitrogen and oxygen atoms in total. The molecule has 1 saturated carbocycles. The summed E-state index contributed by atoms with van der Waals surface area (Å²) in [5.74, 6) is 0.0699. The van der Waals surface area contributed by atoms with E-state index in [1.165, 1.54) is 13.0 Å². The van der Waals surface area contributed by atoms with Gasteiger partial charge in [0.25, 0.3) is 11.6 Å². The van der Waals surface area contributed by atoms with Gasteiger partial charge in [-0.15, -0.1) is 12.4 Å². The molecule has 3 N–H and O–H groups in total. The number of rotatable bonds is 6. The lowest BCUT2D eigenvalue weighted by atomic mass is 10.1. The lowest BCUT2D eigenvalue weighted by molar-refractivity contribution is -0.384. The standard InChI is InChI=1S/C18H25N5O4.ClH/c1-12(24)21-6-8-22(9-7-21)16-5-4-14(10-17(16)23(26)27)18(25)20-15(11-19)13-2-3-13;/h4-5,10,13,15H,2-3,6-9,11,19H2,1H3,(H,20,25);1H. The molecule has 1 heterocycles. The van der Waals surface area contributed by atoms with Gasteiger partial charge in [0.15, 0.2) is 0 Å². The van der Waals surface area contributed by atoms with Gasteiger partial charge in [-0.25, -0.2) is 0 Å². The van der Waals surface area contributed by atoms with E-state index < -0.39 is 4.92 Å². The molecule has 2 fully saturated rings. The Labute approximate surface area is 169 Å². The van der Waals surface area contributed by atoms with Crippen LogP contribution < -0.4 is 16.0 Å². The van der Waals surface area contributed by atoms with Crippen LogP contribution in [0.2, 0.25) is 0 Å². The van der Waals surface area contributed by atoms with E-state index in [2.05, 4.69) is 5.32 Å². The molecule has 1 aliphatic carbocycles. The second-order valence-corrected chi connectivity index (χ2v) is 7.11. The van der Waals surface area contributed by atoms with Gasteiger partial charge >= 0.3 is 0 Å². The van der Waals surface area contributed by atoms with Crippen molar-refractivity contribution in [2.75, 3.05) is 37.6 Å². The van der Waals surface area contributed by atoms with Gasteiger partial charge in [-0.1, -0.05) is 0 Å². The molecule has 1 saturated heterocycles. The summed E-state index contributed by atoms with van der Waals surface area (Å²) >= 11 is 0. The summed E-state index contributed by atoms with van der Waals surface area (Å²) in [5, 5.41) is 14.5. The molecule has 28 heavy (non-hydrogen) atoms. The first-order valence-electron chi connectivity index (χ1n) is 9.20. The van der Waals surface area contributed by atoms with Crippen molar-refractivity contribution in [3.05, 3.63) is 33.9 Å². The van der Waals surface area contributed by atoms with Crippen molar-refractivity contribution in [3.8, 4) is 0 Å². The van der Waals surface area contributed by atoms with Crippen LogP contribution >= 0.6 is 12.4 Å². The molecule has 0 aromatic heterocycles. The first kappa shape index (κ1) is 21.9. The zero-order valence-corrected chi connectivity index (χ0v) is 16.6. The molecule has 0 radical (unpaired) electrons. The SMILES string of the molecule is CC(=O)N1CCN(c2ccc(C(=O)NC(CN)C3CC3)cc2[N+](=O)[O-])CC1.Cl. The van der Waals surface area contributed by atoms with E-state index in [1.807, 2.05) is 4.90 Å². The molecule has 1 unspecified atom stereocenters. The lowest BCUT2D eigenvalue weighted by Gasteiger charge is -2.35. The number of nitro benzene ring substituents is 1. The smallest absolute Gasteiger partial charge is 0.293 e. The number of nitro groups is 1. The number of benzene rings is 1. The highest BCUT2D eigenvalue weighted by Gasteiger charge is 2.32. The summed E-state index contributed by atoms with van der Waals surface area (Å²) in [5.41, 5.74) is 6.34. The van der Waals surface area contributed by atoms with Crippen molar-refractivity contribution in [2.24, 2.45) is 11.7 Å². The fourth-order valence-corrected chi connectivity index (χ4v) is 3.46. The number of carbonyl (C=O) groups is 2. The number of nitrogens with one attached hydrogen (secondary N) is 1. The van der Waals surface area contributed by atoms with Crippen LogP contribution in [-0.4, -0.2) is 60.4 Å². The minimum atomic E-state index is -0.467. The maximum absolute atomic E-state index is 12.5. The molecule has 3 rings (SSSR count). The van der Waals surface area contributed by atoms with Gasteiger partial charge in [0.2, 0.25) is 5.91 Å². The average Bonchev–Trinajstić information content (AvgIpc) is 3.50. The largest absolute Gasteiger partial charge is 0.362 e. The van der Waals surface area contributed by atoms with Crippen LogP contribution in [0.5, 0.6) is 0 Å². The van der Waals surface area contributed by atoms with Gasteiger partial charge < -0.3 is 20.9 Å². The third-order valence-corrected chi connectivity index (χ3v) is 5.26. The summed E-state index contributed by atoms with van der Waals surface area (Å²) in [7, 11) is 0. The van der Waals surface area contributed by atoms with E-state index in [0.29, 0.717) is 44.3 Å². The van der Waals surface area contributed by atoms with E-state index in [1.54, 1.807) is 17.0 Å². The van der Waals surface area contributed by atoms with Crippen molar-refractivity contribution < 1.29 is 14.5 Å². The number of halogens is 1. The molecule has 2 amide bonds. The summed E-state index contributed by atoms with van der Waals surface area (Å²) in [4.78, 5) is 38.6. The van der Waals surface area contributed by atoms with Crippen molar-refractivity contribution in [1.82, 2.24) is 10.2 Å². The summed E-state index contributed by atoms with van der Waals surface area (Å²) in [6.07, 6.45) is 2.10. The molecular formula is C18H26ClN5O4. The van der Waals surface area contributed by atoms with Crippen molar-refractivity contribution in [1.29, 1.82) is 0 Å². The molecule has 10 heteroatoms.